The number of carbonyl (C=O) groups is 2. The molecule has 29 heavy (non-hydrogen) atoms. The molecule has 0 N–H and O–H groups in total. The number of benzene rings is 2. The first-order valence-electron chi connectivity index (χ1n) is 9.70. The van der Waals surface area contributed by atoms with E-state index in [9.17, 15) is 18.0 Å². The van der Waals surface area contributed by atoms with Crippen LogP contribution >= 0.6 is 11.8 Å². The minimum atomic E-state index is -3.07. The largest absolute Gasteiger partial charge is 0.455 e. The predicted molar refractivity (Wildman–Crippen MR) is 113 cm³/mol. The minimum Gasteiger partial charge on any atom is -0.455 e. The molecule has 2 aromatic carbocycles. The van der Waals surface area contributed by atoms with E-state index < -0.39 is 15.8 Å². The van der Waals surface area contributed by atoms with Gasteiger partial charge in [-0.25, -0.2) is 8.42 Å². The summed E-state index contributed by atoms with van der Waals surface area (Å²) in [5, 5.41) is 2.24. The van der Waals surface area contributed by atoms with Crippen molar-refractivity contribution in [1.29, 1.82) is 0 Å². The minimum absolute atomic E-state index is 0.0149. The van der Waals surface area contributed by atoms with E-state index in [1.54, 1.807) is 4.90 Å². The lowest BCUT2D eigenvalue weighted by molar-refractivity contribution is -0.151. The highest BCUT2D eigenvalue weighted by molar-refractivity contribution is 8.00. The second kappa shape index (κ2) is 8.36. The lowest BCUT2D eigenvalue weighted by Gasteiger charge is -2.28. The van der Waals surface area contributed by atoms with Gasteiger partial charge in [0.15, 0.2) is 16.4 Å². The van der Waals surface area contributed by atoms with Crippen molar-refractivity contribution >= 4 is 44.2 Å². The molecule has 1 aliphatic carbocycles. The van der Waals surface area contributed by atoms with E-state index in [0.29, 0.717) is 6.42 Å². The zero-order valence-corrected chi connectivity index (χ0v) is 17.6. The fourth-order valence-corrected chi connectivity index (χ4v) is 6.16. The molecule has 1 aliphatic heterocycles. The molecule has 0 aromatic heterocycles. The molecule has 1 saturated carbocycles. The number of esters is 1. The lowest BCUT2D eigenvalue weighted by atomic mass is 10.1. The van der Waals surface area contributed by atoms with E-state index in [-0.39, 0.29) is 41.9 Å². The highest BCUT2D eigenvalue weighted by atomic mass is 32.2. The van der Waals surface area contributed by atoms with Crippen LogP contribution in [-0.2, 0) is 24.2 Å². The van der Waals surface area contributed by atoms with Crippen LogP contribution in [0.15, 0.2) is 47.4 Å². The molecule has 0 radical (unpaired) electrons. The van der Waals surface area contributed by atoms with Crippen LogP contribution in [0.3, 0.4) is 0 Å². The van der Waals surface area contributed by atoms with Gasteiger partial charge in [0.2, 0.25) is 0 Å². The van der Waals surface area contributed by atoms with E-state index in [1.807, 2.05) is 42.5 Å². The summed E-state index contributed by atoms with van der Waals surface area (Å²) >= 11 is 1.37. The number of ether oxygens (including phenoxy) is 1. The number of thioether (sulfide) groups is 1. The predicted octanol–water partition coefficient (Wildman–Crippen LogP) is 2.65. The molecule has 8 heteroatoms. The molecular formula is C21H23NO5S2. The molecule has 2 aliphatic rings. The van der Waals surface area contributed by atoms with E-state index in [1.165, 1.54) is 11.8 Å². The summed E-state index contributed by atoms with van der Waals surface area (Å²) in [7, 11) is -3.07. The van der Waals surface area contributed by atoms with Crippen LogP contribution in [-0.4, -0.2) is 61.1 Å². The molecule has 2 fully saturated rings. The van der Waals surface area contributed by atoms with Gasteiger partial charge in [0.25, 0.3) is 5.91 Å². The van der Waals surface area contributed by atoms with Crippen molar-refractivity contribution in [3.63, 3.8) is 0 Å². The number of fused-ring (bicyclic) bond motifs is 1. The molecule has 154 valence electrons. The monoisotopic (exact) mass is 433 g/mol. The standard InChI is InChI=1S/C21H23NO5S2/c23-20(22(17-6-7-17)18-9-10-29(25,26)14-18)12-27-21(24)13-28-19-8-5-15-3-1-2-4-16(15)11-19/h1-5,8,11,17-18H,6-7,9-10,12-14H2/t18-/m0/s1. The Morgan fingerprint density at radius 1 is 1.03 bits per heavy atom. The summed E-state index contributed by atoms with van der Waals surface area (Å²) in [6, 6.07) is 13.8. The highest BCUT2D eigenvalue weighted by Crippen LogP contribution is 2.32. The molecular weight excluding hydrogens is 410 g/mol. The van der Waals surface area contributed by atoms with E-state index >= 15 is 0 Å². The molecule has 0 unspecified atom stereocenters. The van der Waals surface area contributed by atoms with Crippen LogP contribution in [0.4, 0.5) is 0 Å². The van der Waals surface area contributed by atoms with Crippen LogP contribution in [0.25, 0.3) is 10.8 Å². The summed E-state index contributed by atoms with van der Waals surface area (Å²) in [5.41, 5.74) is 0. The fourth-order valence-electron chi connectivity index (χ4n) is 3.71. The third kappa shape index (κ3) is 5.11. The summed E-state index contributed by atoms with van der Waals surface area (Å²) in [5.74, 6) is -0.491. The number of hydrogen-bond donors (Lipinski definition) is 0. The Labute approximate surface area is 174 Å². The molecule has 0 bridgehead atoms. The van der Waals surface area contributed by atoms with Crippen LogP contribution in [0.2, 0.25) is 0 Å². The Morgan fingerprint density at radius 3 is 2.48 bits per heavy atom. The van der Waals surface area contributed by atoms with Gasteiger partial charge < -0.3 is 9.64 Å². The van der Waals surface area contributed by atoms with Crippen molar-refractivity contribution in [2.45, 2.75) is 36.2 Å². The second-order valence-electron chi connectivity index (χ2n) is 7.55. The van der Waals surface area contributed by atoms with Gasteiger partial charge in [0.1, 0.15) is 0 Å². The Morgan fingerprint density at radius 2 is 1.79 bits per heavy atom. The average Bonchev–Trinajstić information content (AvgIpc) is 3.47. The van der Waals surface area contributed by atoms with Crippen molar-refractivity contribution in [1.82, 2.24) is 4.90 Å². The summed E-state index contributed by atoms with van der Waals surface area (Å²) in [6.45, 7) is -0.329. The Hall–Kier alpha value is -2.06. The van der Waals surface area contributed by atoms with Gasteiger partial charge in [0.05, 0.1) is 17.3 Å². The Balaban J connectivity index is 1.28. The molecule has 6 nitrogen and oxygen atoms in total. The molecule has 2 aromatic rings. The summed E-state index contributed by atoms with van der Waals surface area (Å²) < 4.78 is 28.7. The number of amides is 1. The van der Waals surface area contributed by atoms with Crippen LogP contribution in [0.1, 0.15) is 19.3 Å². The van der Waals surface area contributed by atoms with E-state index in [2.05, 4.69) is 0 Å². The number of sulfone groups is 1. The quantitative estimate of drug-likeness (QED) is 0.493. The van der Waals surface area contributed by atoms with Crippen molar-refractivity contribution in [2.24, 2.45) is 0 Å². The third-order valence-electron chi connectivity index (χ3n) is 5.26. The zero-order valence-electron chi connectivity index (χ0n) is 16.0. The van der Waals surface area contributed by atoms with Gasteiger partial charge in [-0.1, -0.05) is 30.3 Å². The topological polar surface area (TPSA) is 80.8 Å². The lowest BCUT2D eigenvalue weighted by Crippen LogP contribution is -2.44. The van der Waals surface area contributed by atoms with Gasteiger partial charge in [-0.2, -0.15) is 0 Å². The first kappa shape index (κ1) is 20.2. The van der Waals surface area contributed by atoms with E-state index in [0.717, 1.165) is 28.5 Å². The molecule has 0 spiro atoms. The van der Waals surface area contributed by atoms with Crippen LogP contribution < -0.4 is 0 Å². The zero-order chi connectivity index (χ0) is 20.4. The van der Waals surface area contributed by atoms with Crippen LogP contribution in [0, 0.1) is 0 Å². The summed E-state index contributed by atoms with van der Waals surface area (Å²) in [4.78, 5) is 27.3. The van der Waals surface area contributed by atoms with Gasteiger partial charge in [-0.15, -0.1) is 11.8 Å². The first-order valence-corrected chi connectivity index (χ1v) is 12.5. The second-order valence-corrected chi connectivity index (χ2v) is 10.8. The van der Waals surface area contributed by atoms with Crippen molar-refractivity contribution in [3.8, 4) is 0 Å². The van der Waals surface area contributed by atoms with Gasteiger partial charge in [-0.3, -0.25) is 9.59 Å². The Kier molecular flexibility index (Phi) is 5.83. The van der Waals surface area contributed by atoms with E-state index in [4.69, 9.17) is 4.74 Å². The highest BCUT2D eigenvalue weighted by Gasteiger charge is 2.42. The molecule has 1 saturated heterocycles. The van der Waals surface area contributed by atoms with Gasteiger partial charge >= 0.3 is 5.97 Å². The van der Waals surface area contributed by atoms with Crippen molar-refractivity contribution < 1.29 is 22.7 Å². The third-order valence-corrected chi connectivity index (χ3v) is 7.98. The van der Waals surface area contributed by atoms with Crippen molar-refractivity contribution in [3.05, 3.63) is 42.5 Å². The fraction of sp³-hybridized carbons (Fsp3) is 0.429. The molecule has 4 rings (SSSR count). The normalized spacial score (nSPS) is 20.5. The number of hydrogen-bond acceptors (Lipinski definition) is 6. The van der Waals surface area contributed by atoms with Gasteiger partial charge in [0, 0.05) is 17.0 Å². The first-order chi connectivity index (χ1) is 13.9. The summed E-state index contributed by atoms with van der Waals surface area (Å²) in [6.07, 6.45) is 2.23. The molecule has 1 heterocycles. The van der Waals surface area contributed by atoms with Crippen LogP contribution in [0.5, 0.6) is 0 Å². The van der Waals surface area contributed by atoms with Crippen molar-refractivity contribution in [2.75, 3.05) is 23.9 Å². The number of nitrogens with zero attached hydrogens (tertiary/aromatic N) is 1. The number of rotatable bonds is 7. The smallest absolute Gasteiger partial charge is 0.316 e. The maximum absolute atomic E-state index is 12.6. The number of carbonyl (C=O) groups excluding carboxylic acids is 2. The SMILES string of the molecule is O=C(CSc1ccc2ccccc2c1)OCC(=O)N(C1CC1)[C@H]1CCS(=O)(=O)C1. The molecule has 1 atom stereocenters. The maximum atomic E-state index is 12.6. The molecule has 1 amide bonds. The average molecular weight is 434 g/mol. The maximum Gasteiger partial charge on any atom is 0.316 e. The van der Waals surface area contributed by atoms with Gasteiger partial charge in [-0.05, 0) is 42.2 Å². The Bertz CT molecular complexity index is 1030.